The quantitative estimate of drug-likeness (QED) is 0.490. The van der Waals surface area contributed by atoms with Gasteiger partial charge in [-0.15, -0.1) is 10.2 Å². The summed E-state index contributed by atoms with van der Waals surface area (Å²) in [5.41, 5.74) is 0. The predicted octanol–water partition coefficient (Wildman–Crippen LogP) is 0.922. The second-order valence-corrected chi connectivity index (χ2v) is 1.09. The SMILES string of the molecule is ClON=C1C=NN=N1. The van der Waals surface area contributed by atoms with E-state index in [1.165, 1.54) is 6.21 Å². The number of hydrogen-bond acceptors (Lipinski definition) is 4. The van der Waals surface area contributed by atoms with Crippen molar-refractivity contribution in [2.45, 2.75) is 0 Å². The number of rotatable bonds is 1. The van der Waals surface area contributed by atoms with Gasteiger partial charge in [0.1, 0.15) is 6.21 Å². The molecule has 0 unspecified atom stereocenters. The first kappa shape index (κ1) is 5.17. The lowest BCUT2D eigenvalue weighted by Gasteiger charge is -1.76. The van der Waals surface area contributed by atoms with Gasteiger partial charge in [-0.2, -0.15) is 0 Å². The maximum Gasteiger partial charge on any atom is 0.236 e. The van der Waals surface area contributed by atoms with Crippen molar-refractivity contribution in [2.24, 2.45) is 20.6 Å². The lowest BCUT2D eigenvalue weighted by Crippen LogP contribution is -1.88. The molecule has 0 spiro atoms. The van der Waals surface area contributed by atoms with Crippen molar-refractivity contribution in [3.63, 3.8) is 0 Å². The largest absolute Gasteiger partial charge is 0.275 e. The summed E-state index contributed by atoms with van der Waals surface area (Å²) in [7, 11) is 0. The molecule has 1 aliphatic heterocycles. The molecule has 0 aromatic heterocycles. The second-order valence-electron chi connectivity index (χ2n) is 0.953. The fourth-order valence-electron chi connectivity index (χ4n) is 0.252. The Hall–Kier alpha value is -0.970. The third-order valence-electron chi connectivity index (χ3n) is 0.500. The fraction of sp³-hybridized carbons (Fsp3) is 0. The van der Waals surface area contributed by atoms with Crippen molar-refractivity contribution in [3.05, 3.63) is 0 Å². The molecule has 0 aliphatic carbocycles. The van der Waals surface area contributed by atoms with E-state index in [4.69, 9.17) is 11.9 Å². The van der Waals surface area contributed by atoms with Crippen molar-refractivity contribution in [1.82, 2.24) is 0 Å². The Balaban J connectivity index is 2.60. The number of halogens is 1. The zero-order valence-electron chi connectivity index (χ0n) is 3.65. The smallest absolute Gasteiger partial charge is 0.236 e. The molecule has 0 saturated heterocycles. The van der Waals surface area contributed by atoms with Crippen LogP contribution in [-0.4, -0.2) is 12.1 Å². The molecule has 0 aromatic carbocycles. The topological polar surface area (TPSA) is 58.7 Å². The minimum absolute atomic E-state index is 0.264. The van der Waals surface area contributed by atoms with Gasteiger partial charge >= 0.3 is 0 Å². The highest BCUT2D eigenvalue weighted by Gasteiger charge is 1.96. The fourth-order valence-corrected chi connectivity index (χ4v) is 0.323. The first-order valence-corrected chi connectivity index (χ1v) is 2.04. The Morgan fingerprint density at radius 1 is 1.75 bits per heavy atom. The number of oxime groups is 1. The van der Waals surface area contributed by atoms with E-state index in [0.29, 0.717) is 0 Å². The van der Waals surface area contributed by atoms with Gasteiger partial charge in [0.05, 0.1) is 0 Å². The standard InChI is InChI=1S/C2HClN4O/c3-8-6-2-1-4-7-5-2/h1H. The van der Waals surface area contributed by atoms with Crippen LogP contribution in [0.3, 0.4) is 0 Å². The third-order valence-corrected chi connectivity index (χ3v) is 0.569. The summed E-state index contributed by atoms with van der Waals surface area (Å²) < 4.78 is 3.84. The van der Waals surface area contributed by atoms with Crippen LogP contribution >= 0.6 is 11.9 Å². The molecule has 0 aromatic rings. The predicted molar refractivity (Wildman–Crippen MR) is 27.7 cm³/mol. The Morgan fingerprint density at radius 3 is 3.12 bits per heavy atom. The Kier molecular flexibility index (Phi) is 1.53. The van der Waals surface area contributed by atoms with Crippen molar-refractivity contribution in [1.29, 1.82) is 0 Å². The zero-order chi connectivity index (χ0) is 5.82. The molecule has 0 atom stereocenters. The molecule has 1 aliphatic rings. The Bertz CT molecular complexity index is 147. The van der Waals surface area contributed by atoms with E-state index in [1.807, 2.05) is 0 Å². The van der Waals surface area contributed by atoms with Crippen LogP contribution in [0.5, 0.6) is 0 Å². The average molecular weight is 133 g/mol. The van der Waals surface area contributed by atoms with Crippen molar-refractivity contribution < 1.29 is 4.39 Å². The normalized spacial score (nSPS) is 20.4. The van der Waals surface area contributed by atoms with Gasteiger partial charge in [0.25, 0.3) is 0 Å². The van der Waals surface area contributed by atoms with Gasteiger partial charge in [-0.05, 0) is 10.4 Å². The molecular formula is C2HClN4O. The van der Waals surface area contributed by atoms with E-state index in [1.54, 1.807) is 0 Å². The van der Waals surface area contributed by atoms with Crippen molar-refractivity contribution in [2.75, 3.05) is 0 Å². The van der Waals surface area contributed by atoms with Crippen LogP contribution in [-0.2, 0) is 4.39 Å². The van der Waals surface area contributed by atoms with Gasteiger partial charge < -0.3 is 0 Å². The monoisotopic (exact) mass is 132 g/mol. The minimum Gasteiger partial charge on any atom is -0.275 e. The summed E-state index contributed by atoms with van der Waals surface area (Å²) in [5.74, 6) is 0.264. The first-order valence-electron chi connectivity index (χ1n) is 1.73. The van der Waals surface area contributed by atoms with Crippen LogP contribution in [0.1, 0.15) is 0 Å². The molecule has 0 N–H and O–H groups in total. The molecule has 6 heteroatoms. The highest BCUT2D eigenvalue weighted by Crippen LogP contribution is 1.92. The average Bonchev–Trinajstić information content (AvgIpc) is 2.19. The summed E-state index contributed by atoms with van der Waals surface area (Å²) in [5, 5.41) is 13.1. The minimum atomic E-state index is 0.264. The molecular weight excluding hydrogens is 132 g/mol. The molecule has 0 fully saturated rings. The summed E-state index contributed by atoms with van der Waals surface area (Å²) in [6.07, 6.45) is 1.32. The van der Waals surface area contributed by atoms with Crippen LogP contribution in [0.25, 0.3) is 0 Å². The number of amidine groups is 1. The lowest BCUT2D eigenvalue weighted by molar-refractivity contribution is 0.381. The molecule has 0 bridgehead atoms. The van der Waals surface area contributed by atoms with E-state index < -0.39 is 0 Å². The molecule has 1 heterocycles. The van der Waals surface area contributed by atoms with E-state index in [-0.39, 0.29) is 5.84 Å². The summed E-state index contributed by atoms with van der Waals surface area (Å²) in [6, 6.07) is 0. The Morgan fingerprint density at radius 2 is 2.62 bits per heavy atom. The van der Waals surface area contributed by atoms with Crippen LogP contribution in [0.2, 0.25) is 0 Å². The molecule has 0 amide bonds. The zero-order valence-corrected chi connectivity index (χ0v) is 4.41. The maximum atomic E-state index is 4.73. The molecule has 8 heavy (non-hydrogen) atoms. The van der Waals surface area contributed by atoms with Crippen molar-refractivity contribution >= 4 is 23.9 Å². The third kappa shape index (κ3) is 1.00. The highest BCUT2D eigenvalue weighted by atomic mass is 35.5. The Labute approximate surface area is 49.8 Å². The molecule has 0 radical (unpaired) electrons. The van der Waals surface area contributed by atoms with Gasteiger partial charge in [0.2, 0.25) is 5.84 Å². The molecule has 1 rings (SSSR count). The second kappa shape index (κ2) is 2.37. The van der Waals surface area contributed by atoms with E-state index in [2.05, 4.69) is 25.0 Å². The number of hydrogen-bond donors (Lipinski definition) is 0. The number of nitrogens with zero attached hydrogens (tertiary/aromatic N) is 4. The van der Waals surface area contributed by atoms with E-state index >= 15 is 0 Å². The molecule has 0 saturated carbocycles. The van der Waals surface area contributed by atoms with Gasteiger partial charge in [-0.3, -0.25) is 4.39 Å². The summed E-state index contributed by atoms with van der Waals surface area (Å²) in [4.78, 5) is 0. The van der Waals surface area contributed by atoms with Crippen LogP contribution < -0.4 is 0 Å². The first-order chi connectivity index (χ1) is 3.93. The summed E-state index contributed by atoms with van der Waals surface area (Å²) >= 11 is 4.73. The van der Waals surface area contributed by atoms with Crippen LogP contribution in [0.15, 0.2) is 20.6 Å². The van der Waals surface area contributed by atoms with Crippen molar-refractivity contribution in [3.8, 4) is 0 Å². The van der Waals surface area contributed by atoms with Crippen LogP contribution in [0.4, 0.5) is 0 Å². The summed E-state index contributed by atoms with van der Waals surface area (Å²) in [6.45, 7) is 0. The van der Waals surface area contributed by atoms with Gasteiger partial charge in [-0.25, -0.2) is 0 Å². The molecule has 42 valence electrons. The lowest BCUT2D eigenvalue weighted by atomic mass is 10.7. The van der Waals surface area contributed by atoms with E-state index in [9.17, 15) is 0 Å². The van der Waals surface area contributed by atoms with Gasteiger partial charge in [0.15, 0.2) is 11.9 Å². The van der Waals surface area contributed by atoms with Crippen LogP contribution in [0, 0.1) is 0 Å². The van der Waals surface area contributed by atoms with E-state index in [0.717, 1.165) is 0 Å². The molecule has 5 nitrogen and oxygen atoms in total. The maximum absolute atomic E-state index is 4.73. The van der Waals surface area contributed by atoms with Gasteiger partial charge in [-0.1, -0.05) is 0 Å². The van der Waals surface area contributed by atoms with Gasteiger partial charge in [0, 0.05) is 0 Å². The highest BCUT2D eigenvalue weighted by molar-refractivity contribution is 6.30.